The summed E-state index contributed by atoms with van der Waals surface area (Å²) in [4.78, 5) is 0. The average Bonchev–Trinajstić information content (AvgIpc) is 2.75. The molecule has 2 aromatic rings. The third kappa shape index (κ3) is 2.39. The molecule has 0 saturated heterocycles. The molecule has 0 heterocycles. The lowest BCUT2D eigenvalue weighted by Gasteiger charge is -2.16. The van der Waals surface area contributed by atoms with Gasteiger partial charge in [0.2, 0.25) is 0 Å². The Hall–Kier alpha value is -1.35. The highest BCUT2D eigenvalue weighted by Crippen LogP contribution is 2.37. The molecule has 2 nitrogen and oxygen atoms in total. The Labute approximate surface area is 119 Å². The van der Waals surface area contributed by atoms with Crippen molar-refractivity contribution in [3.8, 4) is 11.1 Å². The Morgan fingerprint density at radius 3 is 2.47 bits per heavy atom. The van der Waals surface area contributed by atoms with Crippen LogP contribution in [0.4, 0.5) is 0 Å². The van der Waals surface area contributed by atoms with Crippen molar-refractivity contribution in [2.45, 2.75) is 25.5 Å². The highest BCUT2D eigenvalue weighted by Gasteiger charge is 2.20. The van der Waals surface area contributed by atoms with Crippen LogP contribution < -0.4 is 5.73 Å². The fraction of sp³-hybridized carbons (Fsp3) is 0.250. The fourth-order valence-electron chi connectivity index (χ4n) is 2.65. The zero-order chi connectivity index (χ0) is 12.7. The summed E-state index contributed by atoms with van der Waals surface area (Å²) in [6, 6.07) is 14.5. The van der Waals surface area contributed by atoms with Crippen molar-refractivity contribution in [1.29, 1.82) is 0 Å². The van der Waals surface area contributed by atoms with Crippen LogP contribution in [-0.2, 0) is 6.42 Å². The quantitative estimate of drug-likeness (QED) is 0.755. The van der Waals surface area contributed by atoms with Crippen LogP contribution in [0.1, 0.15) is 29.7 Å². The molecule has 2 atom stereocenters. The van der Waals surface area contributed by atoms with E-state index in [9.17, 15) is 5.11 Å². The minimum atomic E-state index is -0.521. The summed E-state index contributed by atoms with van der Waals surface area (Å²) in [5.41, 5.74) is 12.3. The SMILES string of the molecule is C[C@@H](O)[C@@H](N)c1ccc2c(c1)Cc1ccccc1-2.Cl. The summed E-state index contributed by atoms with van der Waals surface area (Å²) >= 11 is 0. The standard InChI is InChI=1S/C16H17NO.ClH/c1-10(18)16(17)12-6-7-15-13(9-12)8-11-4-2-3-5-14(11)15;/h2-7,9-10,16,18H,8,17H2,1H3;1H/t10-,16-;/m1./s1. The van der Waals surface area contributed by atoms with Crippen LogP contribution in [0.2, 0.25) is 0 Å². The van der Waals surface area contributed by atoms with Gasteiger partial charge >= 0.3 is 0 Å². The lowest BCUT2D eigenvalue weighted by Crippen LogP contribution is -2.23. The number of hydrogen-bond acceptors (Lipinski definition) is 2. The van der Waals surface area contributed by atoms with Crippen LogP contribution in [-0.4, -0.2) is 11.2 Å². The van der Waals surface area contributed by atoms with Crippen molar-refractivity contribution >= 4 is 12.4 Å². The molecule has 3 heteroatoms. The second-order valence-electron chi connectivity index (χ2n) is 5.02. The molecule has 3 rings (SSSR count). The van der Waals surface area contributed by atoms with Gasteiger partial charge in [-0.2, -0.15) is 0 Å². The Balaban J connectivity index is 0.00000133. The molecule has 0 unspecified atom stereocenters. The van der Waals surface area contributed by atoms with E-state index in [2.05, 4.69) is 36.4 Å². The number of aliphatic hydroxyl groups is 1. The molecule has 0 amide bonds. The smallest absolute Gasteiger partial charge is 0.0704 e. The number of hydrogen-bond donors (Lipinski definition) is 2. The van der Waals surface area contributed by atoms with E-state index in [4.69, 9.17) is 5.73 Å². The maximum atomic E-state index is 9.57. The number of halogens is 1. The molecule has 0 saturated carbocycles. The molecule has 1 aliphatic rings. The van der Waals surface area contributed by atoms with E-state index in [-0.39, 0.29) is 18.4 Å². The van der Waals surface area contributed by atoms with Crippen molar-refractivity contribution in [1.82, 2.24) is 0 Å². The largest absolute Gasteiger partial charge is 0.391 e. The second-order valence-corrected chi connectivity index (χ2v) is 5.02. The monoisotopic (exact) mass is 275 g/mol. The first kappa shape index (κ1) is 14.1. The number of rotatable bonds is 2. The lowest BCUT2D eigenvalue weighted by atomic mass is 9.98. The molecule has 0 spiro atoms. The van der Waals surface area contributed by atoms with E-state index < -0.39 is 6.10 Å². The Morgan fingerprint density at radius 2 is 1.74 bits per heavy atom. The van der Waals surface area contributed by atoms with E-state index in [1.807, 2.05) is 6.07 Å². The molecule has 0 fully saturated rings. The predicted molar refractivity (Wildman–Crippen MR) is 80.5 cm³/mol. The predicted octanol–water partition coefficient (Wildman–Crippen LogP) is 3.06. The van der Waals surface area contributed by atoms with Crippen LogP contribution in [0.25, 0.3) is 11.1 Å². The molecule has 19 heavy (non-hydrogen) atoms. The number of aliphatic hydroxyl groups excluding tert-OH is 1. The topological polar surface area (TPSA) is 46.2 Å². The van der Waals surface area contributed by atoms with E-state index >= 15 is 0 Å². The minimum Gasteiger partial charge on any atom is -0.391 e. The number of nitrogens with two attached hydrogens (primary N) is 1. The third-order valence-corrected chi connectivity index (χ3v) is 3.72. The maximum absolute atomic E-state index is 9.57. The average molecular weight is 276 g/mol. The molecule has 1 aliphatic carbocycles. The first-order chi connectivity index (χ1) is 8.66. The maximum Gasteiger partial charge on any atom is 0.0704 e. The summed E-state index contributed by atoms with van der Waals surface area (Å²) < 4.78 is 0. The summed E-state index contributed by atoms with van der Waals surface area (Å²) in [6.07, 6.45) is 0.443. The van der Waals surface area contributed by atoms with Crippen molar-refractivity contribution in [3.05, 3.63) is 59.2 Å². The van der Waals surface area contributed by atoms with Gasteiger partial charge in [-0.3, -0.25) is 0 Å². The van der Waals surface area contributed by atoms with Crippen LogP contribution in [0.15, 0.2) is 42.5 Å². The van der Waals surface area contributed by atoms with Crippen molar-refractivity contribution in [2.75, 3.05) is 0 Å². The molecule has 3 N–H and O–H groups in total. The number of fused-ring (bicyclic) bond motifs is 3. The summed E-state index contributed by atoms with van der Waals surface area (Å²) in [5, 5.41) is 9.57. The van der Waals surface area contributed by atoms with Gasteiger partial charge in [0.25, 0.3) is 0 Å². The van der Waals surface area contributed by atoms with Gasteiger partial charge in [-0.1, -0.05) is 42.5 Å². The highest BCUT2D eigenvalue weighted by atomic mass is 35.5. The molecule has 0 aliphatic heterocycles. The van der Waals surface area contributed by atoms with E-state index in [0.717, 1.165) is 12.0 Å². The summed E-state index contributed by atoms with van der Waals surface area (Å²) in [6.45, 7) is 1.73. The summed E-state index contributed by atoms with van der Waals surface area (Å²) in [7, 11) is 0. The van der Waals surface area contributed by atoms with Gasteiger partial charge in [-0.05, 0) is 41.2 Å². The molecular formula is C16H18ClNO. The Bertz CT molecular complexity index is 595. The van der Waals surface area contributed by atoms with Gasteiger partial charge in [-0.25, -0.2) is 0 Å². The van der Waals surface area contributed by atoms with Crippen LogP contribution in [0.5, 0.6) is 0 Å². The van der Waals surface area contributed by atoms with Crippen LogP contribution in [0, 0.1) is 0 Å². The zero-order valence-corrected chi connectivity index (χ0v) is 11.7. The van der Waals surface area contributed by atoms with Crippen LogP contribution in [0.3, 0.4) is 0 Å². The molecule has 100 valence electrons. The van der Waals surface area contributed by atoms with Gasteiger partial charge in [0, 0.05) is 0 Å². The first-order valence-corrected chi connectivity index (χ1v) is 6.31. The molecule has 0 bridgehead atoms. The molecule has 2 aromatic carbocycles. The number of benzene rings is 2. The normalized spacial score (nSPS) is 15.1. The van der Waals surface area contributed by atoms with Gasteiger partial charge in [0.05, 0.1) is 12.1 Å². The van der Waals surface area contributed by atoms with Gasteiger partial charge < -0.3 is 10.8 Å². The first-order valence-electron chi connectivity index (χ1n) is 6.31. The van der Waals surface area contributed by atoms with Gasteiger partial charge in [-0.15, -0.1) is 12.4 Å². The van der Waals surface area contributed by atoms with E-state index in [0.29, 0.717) is 0 Å². The van der Waals surface area contributed by atoms with E-state index in [1.165, 1.54) is 22.3 Å². The van der Waals surface area contributed by atoms with Crippen LogP contribution >= 0.6 is 12.4 Å². The van der Waals surface area contributed by atoms with Crippen molar-refractivity contribution in [2.24, 2.45) is 5.73 Å². The Kier molecular flexibility index (Phi) is 3.95. The molecular weight excluding hydrogens is 258 g/mol. The molecule has 0 radical (unpaired) electrons. The Morgan fingerprint density at radius 1 is 1.05 bits per heavy atom. The third-order valence-electron chi connectivity index (χ3n) is 3.72. The highest BCUT2D eigenvalue weighted by molar-refractivity contribution is 5.85. The van der Waals surface area contributed by atoms with Gasteiger partial charge in [0.15, 0.2) is 0 Å². The lowest BCUT2D eigenvalue weighted by molar-refractivity contribution is 0.164. The van der Waals surface area contributed by atoms with Crippen molar-refractivity contribution < 1.29 is 5.11 Å². The second kappa shape index (κ2) is 5.33. The minimum absolute atomic E-state index is 0. The zero-order valence-electron chi connectivity index (χ0n) is 10.8. The van der Waals surface area contributed by atoms with Crippen molar-refractivity contribution in [3.63, 3.8) is 0 Å². The molecule has 0 aromatic heterocycles. The fourth-order valence-corrected chi connectivity index (χ4v) is 2.65. The summed E-state index contributed by atoms with van der Waals surface area (Å²) in [5.74, 6) is 0. The van der Waals surface area contributed by atoms with Gasteiger partial charge in [0.1, 0.15) is 0 Å². The van der Waals surface area contributed by atoms with E-state index in [1.54, 1.807) is 6.92 Å².